The molecule has 5 heteroatoms. The van der Waals surface area contributed by atoms with E-state index in [0.29, 0.717) is 17.8 Å². The summed E-state index contributed by atoms with van der Waals surface area (Å²) < 4.78 is 41.2. The largest absolute Gasteiger partial charge is 0.573 e. The molecule has 1 saturated carbocycles. The first-order chi connectivity index (χ1) is 15.4. The van der Waals surface area contributed by atoms with Gasteiger partial charge in [0, 0.05) is 19.6 Å². The average Bonchev–Trinajstić information content (AvgIpc) is 3.23. The van der Waals surface area contributed by atoms with Gasteiger partial charge >= 0.3 is 6.36 Å². The van der Waals surface area contributed by atoms with Crippen LogP contribution in [0.3, 0.4) is 0 Å². The molecule has 3 aromatic carbocycles. The third-order valence-corrected chi connectivity index (χ3v) is 6.63. The maximum absolute atomic E-state index is 12.4. The topological polar surface area (TPSA) is 12.5 Å². The third-order valence-electron chi connectivity index (χ3n) is 6.63. The molecule has 2 nitrogen and oxygen atoms in total. The van der Waals surface area contributed by atoms with Gasteiger partial charge in [0.2, 0.25) is 0 Å². The molecule has 1 saturated heterocycles. The molecule has 1 aliphatic heterocycles. The summed E-state index contributed by atoms with van der Waals surface area (Å²) in [6.07, 6.45) is -1.71. The lowest BCUT2D eigenvalue weighted by atomic mass is 10.0. The highest BCUT2D eigenvalue weighted by atomic mass is 19.4. The molecule has 2 unspecified atom stereocenters. The number of likely N-dealkylation sites (tertiary alicyclic amines) is 1. The second-order valence-electron chi connectivity index (χ2n) is 8.81. The van der Waals surface area contributed by atoms with Crippen molar-refractivity contribution in [1.29, 1.82) is 0 Å². The van der Waals surface area contributed by atoms with Gasteiger partial charge in [-0.15, -0.1) is 13.2 Å². The first-order valence-corrected chi connectivity index (χ1v) is 11.0. The van der Waals surface area contributed by atoms with Crippen molar-refractivity contribution in [3.63, 3.8) is 0 Å². The molecule has 0 bridgehead atoms. The summed E-state index contributed by atoms with van der Waals surface area (Å²) >= 11 is 0. The van der Waals surface area contributed by atoms with Crippen molar-refractivity contribution in [2.45, 2.75) is 19.3 Å². The van der Waals surface area contributed by atoms with E-state index in [-0.39, 0.29) is 5.75 Å². The van der Waals surface area contributed by atoms with Gasteiger partial charge in [-0.25, -0.2) is 0 Å². The molecule has 3 aromatic rings. The minimum absolute atomic E-state index is 0.160. The van der Waals surface area contributed by atoms with E-state index in [2.05, 4.69) is 58.2 Å². The highest BCUT2D eigenvalue weighted by Crippen LogP contribution is 2.54. The van der Waals surface area contributed by atoms with E-state index >= 15 is 0 Å². The quantitative estimate of drug-likeness (QED) is 0.415. The number of benzene rings is 3. The number of halogens is 3. The minimum atomic E-state index is -4.66. The Morgan fingerprint density at radius 3 is 2.22 bits per heavy atom. The number of piperidine rings is 1. The maximum atomic E-state index is 12.4. The molecule has 165 valence electrons. The second kappa shape index (κ2) is 8.62. The zero-order valence-electron chi connectivity index (χ0n) is 17.6. The average molecular weight is 436 g/mol. The van der Waals surface area contributed by atoms with Gasteiger partial charge in [-0.1, -0.05) is 66.7 Å². The van der Waals surface area contributed by atoms with Crippen LogP contribution in [0.15, 0.2) is 78.9 Å². The SMILES string of the molecule is FC(F)(F)Oc1cccc([CH]CC2C3CN(Cc4ccc(-c5ccccc5)cc4)CC23)c1. The van der Waals surface area contributed by atoms with Crippen LogP contribution in [0, 0.1) is 24.2 Å². The molecule has 2 aliphatic rings. The van der Waals surface area contributed by atoms with Crippen LogP contribution in [0.5, 0.6) is 5.75 Å². The number of hydrogen-bond acceptors (Lipinski definition) is 2. The standard InChI is InChI=1S/C27H25F3NO/c28-27(29,30)32-23-8-4-5-19(15-23)11-14-24-25-17-31(18-26(24)25)16-20-9-12-22(13-10-20)21-6-2-1-3-7-21/h1-13,15,24-26H,14,16-18H2. The van der Waals surface area contributed by atoms with E-state index in [1.54, 1.807) is 6.07 Å². The Bertz CT molecular complexity index is 1040. The van der Waals surface area contributed by atoms with E-state index in [0.717, 1.165) is 31.6 Å². The van der Waals surface area contributed by atoms with Crippen LogP contribution in [0.1, 0.15) is 17.5 Å². The fourth-order valence-corrected chi connectivity index (χ4v) is 5.02. The smallest absolute Gasteiger partial charge is 0.406 e. The Morgan fingerprint density at radius 1 is 0.844 bits per heavy atom. The van der Waals surface area contributed by atoms with Gasteiger partial charge < -0.3 is 4.74 Å². The van der Waals surface area contributed by atoms with Crippen molar-refractivity contribution < 1.29 is 17.9 Å². The summed E-state index contributed by atoms with van der Waals surface area (Å²) in [5.74, 6) is 1.87. The van der Waals surface area contributed by atoms with Crippen LogP contribution < -0.4 is 4.74 Å². The van der Waals surface area contributed by atoms with E-state index in [9.17, 15) is 13.2 Å². The number of nitrogens with zero attached hydrogens (tertiary/aromatic N) is 1. The fourth-order valence-electron chi connectivity index (χ4n) is 5.02. The van der Waals surface area contributed by atoms with Crippen molar-refractivity contribution in [2.75, 3.05) is 13.1 Å². The zero-order chi connectivity index (χ0) is 22.1. The highest BCUT2D eigenvalue weighted by Gasteiger charge is 2.54. The summed E-state index contributed by atoms with van der Waals surface area (Å²) in [6.45, 7) is 3.16. The summed E-state index contributed by atoms with van der Waals surface area (Å²) in [6, 6.07) is 25.4. The summed E-state index contributed by atoms with van der Waals surface area (Å²) in [5, 5.41) is 0. The van der Waals surface area contributed by atoms with Gasteiger partial charge in [0.1, 0.15) is 5.75 Å². The molecule has 32 heavy (non-hydrogen) atoms. The lowest BCUT2D eigenvalue weighted by Gasteiger charge is -2.19. The van der Waals surface area contributed by atoms with Crippen LogP contribution in [0.4, 0.5) is 13.2 Å². The molecule has 2 fully saturated rings. The van der Waals surface area contributed by atoms with E-state index < -0.39 is 6.36 Å². The first-order valence-electron chi connectivity index (χ1n) is 11.0. The van der Waals surface area contributed by atoms with Crippen LogP contribution in [0.25, 0.3) is 11.1 Å². The van der Waals surface area contributed by atoms with Gasteiger partial charge in [0.05, 0.1) is 0 Å². The van der Waals surface area contributed by atoms with Gasteiger partial charge in [0.15, 0.2) is 0 Å². The van der Waals surface area contributed by atoms with Crippen LogP contribution >= 0.6 is 0 Å². The Kier molecular flexibility index (Phi) is 5.68. The molecule has 0 amide bonds. The van der Waals surface area contributed by atoms with Crippen LogP contribution in [0.2, 0.25) is 0 Å². The normalized spacial score (nSPS) is 22.5. The van der Waals surface area contributed by atoms with Crippen molar-refractivity contribution >= 4 is 0 Å². The second-order valence-corrected chi connectivity index (χ2v) is 8.81. The number of alkyl halides is 3. The highest BCUT2D eigenvalue weighted by molar-refractivity contribution is 5.63. The molecule has 5 rings (SSSR count). The molecule has 2 atom stereocenters. The summed E-state index contributed by atoms with van der Waals surface area (Å²) in [5.41, 5.74) is 4.58. The molecule has 0 spiro atoms. The molecule has 1 aliphatic carbocycles. The first kappa shape index (κ1) is 21.1. The van der Waals surface area contributed by atoms with Gasteiger partial charge in [-0.3, -0.25) is 4.90 Å². The molecule has 0 aromatic heterocycles. The van der Waals surface area contributed by atoms with Crippen LogP contribution in [-0.4, -0.2) is 24.4 Å². The van der Waals surface area contributed by atoms with Crippen molar-refractivity contribution in [1.82, 2.24) is 4.90 Å². The van der Waals surface area contributed by atoms with Crippen molar-refractivity contribution in [3.8, 4) is 16.9 Å². The van der Waals surface area contributed by atoms with Gasteiger partial charge in [-0.2, -0.15) is 0 Å². The number of hydrogen-bond donors (Lipinski definition) is 0. The Balaban J connectivity index is 1.09. The van der Waals surface area contributed by atoms with Crippen LogP contribution in [-0.2, 0) is 6.54 Å². The number of rotatable bonds is 7. The maximum Gasteiger partial charge on any atom is 0.573 e. The van der Waals surface area contributed by atoms with Crippen molar-refractivity contribution in [2.24, 2.45) is 17.8 Å². The van der Waals surface area contributed by atoms with E-state index in [1.165, 1.54) is 28.8 Å². The third kappa shape index (κ3) is 4.99. The molecular weight excluding hydrogens is 411 g/mol. The Labute approximate surface area is 186 Å². The van der Waals surface area contributed by atoms with Gasteiger partial charge in [-0.05, 0) is 65.0 Å². The lowest BCUT2D eigenvalue weighted by Crippen LogP contribution is -2.24. The van der Waals surface area contributed by atoms with Gasteiger partial charge in [0.25, 0.3) is 0 Å². The number of ether oxygens (including phenoxy) is 1. The van der Waals surface area contributed by atoms with E-state index in [1.807, 2.05) is 18.6 Å². The molecule has 0 N–H and O–H groups in total. The van der Waals surface area contributed by atoms with E-state index in [4.69, 9.17) is 0 Å². The number of fused-ring (bicyclic) bond motifs is 1. The zero-order valence-corrected chi connectivity index (χ0v) is 17.6. The predicted octanol–water partition coefficient (Wildman–Crippen LogP) is 6.57. The van der Waals surface area contributed by atoms with Crippen molar-refractivity contribution in [3.05, 3.63) is 96.4 Å². The molecular formula is C27H25F3NO. The fraction of sp³-hybridized carbons (Fsp3) is 0.296. The predicted molar refractivity (Wildman–Crippen MR) is 119 cm³/mol. The minimum Gasteiger partial charge on any atom is -0.406 e. The lowest BCUT2D eigenvalue weighted by molar-refractivity contribution is -0.274. The summed E-state index contributed by atoms with van der Waals surface area (Å²) in [7, 11) is 0. The molecule has 1 heterocycles. The Morgan fingerprint density at radius 2 is 1.53 bits per heavy atom. The molecule has 1 radical (unpaired) electrons. The monoisotopic (exact) mass is 436 g/mol. The summed E-state index contributed by atoms with van der Waals surface area (Å²) in [4.78, 5) is 2.52. The Hall–Kier alpha value is -2.79.